The van der Waals surface area contributed by atoms with Crippen molar-refractivity contribution in [1.29, 1.82) is 0 Å². The Morgan fingerprint density at radius 1 is 1.08 bits per heavy atom. The SMILES string of the molecule is Cc1cc(N2CCCC2)ccc1NC(=O)c1ccc(CNC(N)=O)cc1. The van der Waals surface area contributed by atoms with Crippen LogP contribution in [-0.4, -0.2) is 25.0 Å². The highest BCUT2D eigenvalue weighted by atomic mass is 16.2. The van der Waals surface area contributed by atoms with Gasteiger partial charge in [-0.05, 0) is 61.2 Å². The van der Waals surface area contributed by atoms with Gasteiger partial charge in [0.1, 0.15) is 0 Å². The van der Waals surface area contributed by atoms with E-state index in [0.717, 1.165) is 29.9 Å². The van der Waals surface area contributed by atoms with Gasteiger partial charge >= 0.3 is 6.03 Å². The van der Waals surface area contributed by atoms with Crippen molar-refractivity contribution in [1.82, 2.24) is 5.32 Å². The molecule has 3 rings (SSSR count). The third-order valence-corrected chi connectivity index (χ3v) is 4.61. The zero-order valence-electron chi connectivity index (χ0n) is 14.9. The smallest absolute Gasteiger partial charge is 0.312 e. The maximum atomic E-state index is 12.5. The van der Waals surface area contributed by atoms with Crippen molar-refractivity contribution in [3.8, 4) is 0 Å². The van der Waals surface area contributed by atoms with E-state index in [9.17, 15) is 9.59 Å². The van der Waals surface area contributed by atoms with Crippen molar-refractivity contribution >= 4 is 23.3 Å². The van der Waals surface area contributed by atoms with E-state index in [0.29, 0.717) is 12.1 Å². The Morgan fingerprint density at radius 3 is 2.38 bits per heavy atom. The van der Waals surface area contributed by atoms with Crippen LogP contribution in [0.5, 0.6) is 0 Å². The average Bonchev–Trinajstić information content (AvgIpc) is 3.16. The number of nitrogens with one attached hydrogen (secondary N) is 2. The quantitative estimate of drug-likeness (QED) is 0.773. The lowest BCUT2D eigenvalue weighted by atomic mass is 10.1. The first kappa shape index (κ1) is 17.8. The number of carbonyl (C=O) groups excluding carboxylic acids is 2. The van der Waals surface area contributed by atoms with Gasteiger partial charge in [0.05, 0.1) is 0 Å². The zero-order valence-corrected chi connectivity index (χ0v) is 14.9. The molecule has 0 saturated carbocycles. The van der Waals surface area contributed by atoms with E-state index in [-0.39, 0.29) is 5.91 Å². The van der Waals surface area contributed by atoms with Gasteiger partial charge in [0.15, 0.2) is 0 Å². The van der Waals surface area contributed by atoms with Crippen molar-refractivity contribution in [3.63, 3.8) is 0 Å². The van der Waals surface area contributed by atoms with Gasteiger partial charge in [-0.3, -0.25) is 4.79 Å². The number of benzene rings is 2. The minimum atomic E-state index is -0.570. The Labute approximate surface area is 153 Å². The van der Waals surface area contributed by atoms with Crippen LogP contribution in [0.25, 0.3) is 0 Å². The molecule has 0 spiro atoms. The molecule has 2 aromatic rings. The van der Waals surface area contributed by atoms with Crippen molar-refractivity contribution in [3.05, 3.63) is 59.2 Å². The molecular weight excluding hydrogens is 328 g/mol. The molecule has 1 aliphatic rings. The van der Waals surface area contributed by atoms with E-state index < -0.39 is 6.03 Å². The molecule has 4 N–H and O–H groups in total. The number of primary amides is 1. The fourth-order valence-electron chi connectivity index (χ4n) is 3.12. The molecule has 1 aliphatic heterocycles. The minimum Gasteiger partial charge on any atom is -0.372 e. The third kappa shape index (κ3) is 4.33. The summed E-state index contributed by atoms with van der Waals surface area (Å²) < 4.78 is 0. The Bertz CT molecular complexity index is 796. The monoisotopic (exact) mass is 352 g/mol. The summed E-state index contributed by atoms with van der Waals surface area (Å²) in [5, 5.41) is 5.49. The van der Waals surface area contributed by atoms with E-state index in [2.05, 4.69) is 27.7 Å². The molecule has 3 amide bonds. The molecule has 26 heavy (non-hydrogen) atoms. The molecule has 1 fully saturated rings. The van der Waals surface area contributed by atoms with Gasteiger partial charge in [-0.2, -0.15) is 0 Å². The van der Waals surface area contributed by atoms with Crippen LogP contribution in [0, 0.1) is 6.92 Å². The van der Waals surface area contributed by atoms with E-state index >= 15 is 0 Å². The molecule has 6 nitrogen and oxygen atoms in total. The van der Waals surface area contributed by atoms with Crippen LogP contribution < -0.4 is 21.3 Å². The average molecular weight is 352 g/mol. The van der Waals surface area contributed by atoms with Crippen molar-refractivity contribution in [2.24, 2.45) is 5.73 Å². The lowest BCUT2D eigenvalue weighted by molar-refractivity contribution is 0.102. The summed E-state index contributed by atoms with van der Waals surface area (Å²) in [7, 11) is 0. The van der Waals surface area contributed by atoms with Gasteiger partial charge in [0.25, 0.3) is 5.91 Å². The summed E-state index contributed by atoms with van der Waals surface area (Å²) in [5.74, 6) is -0.156. The molecule has 0 radical (unpaired) electrons. The molecular formula is C20H24N4O2. The van der Waals surface area contributed by atoms with Crippen LogP contribution in [0.15, 0.2) is 42.5 Å². The second-order valence-corrected chi connectivity index (χ2v) is 6.56. The Morgan fingerprint density at radius 2 is 1.77 bits per heavy atom. The normalized spacial score (nSPS) is 13.5. The summed E-state index contributed by atoms with van der Waals surface area (Å²) >= 11 is 0. The largest absolute Gasteiger partial charge is 0.372 e. The lowest BCUT2D eigenvalue weighted by Crippen LogP contribution is -2.28. The predicted molar refractivity (Wildman–Crippen MR) is 103 cm³/mol. The number of aryl methyl sites for hydroxylation is 1. The highest BCUT2D eigenvalue weighted by molar-refractivity contribution is 6.04. The summed E-state index contributed by atoms with van der Waals surface area (Å²) in [5.41, 5.74) is 9.57. The van der Waals surface area contributed by atoms with Crippen molar-refractivity contribution in [2.45, 2.75) is 26.3 Å². The number of urea groups is 1. The highest BCUT2D eigenvalue weighted by Gasteiger charge is 2.14. The maximum absolute atomic E-state index is 12.5. The molecule has 0 aliphatic carbocycles. The number of carbonyl (C=O) groups is 2. The van der Waals surface area contributed by atoms with Crippen LogP contribution in [0.2, 0.25) is 0 Å². The Kier molecular flexibility index (Phi) is 5.41. The number of hydrogen-bond acceptors (Lipinski definition) is 3. The summed E-state index contributed by atoms with van der Waals surface area (Å²) in [4.78, 5) is 25.6. The number of nitrogens with two attached hydrogens (primary N) is 1. The van der Waals surface area contributed by atoms with E-state index in [1.54, 1.807) is 24.3 Å². The lowest BCUT2D eigenvalue weighted by Gasteiger charge is -2.19. The molecule has 1 saturated heterocycles. The summed E-state index contributed by atoms with van der Waals surface area (Å²) in [6, 6.07) is 12.7. The van der Waals surface area contributed by atoms with Gasteiger partial charge in [-0.1, -0.05) is 12.1 Å². The zero-order chi connectivity index (χ0) is 18.5. The first-order chi connectivity index (χ1) is 12.5. The second kappa shape index (κ2) is 7.91. The molecule has 0 bridgehead atoms. The standard InChI is InChI=1S/C20H24N4O2/c1-14-12-17(24-10-2-3-11-24)8-9-18(14)23-19(25)16-6-4-15(5-7-16)13-22-20(21)26/h4-9,12H,2-3,10-11,13H2,1H3,(H,23,25)(H3,21,22,26). The molecule has 0 unspecified atom stereocenters. The van der Waals surface area contributed by atoms with Crippen molar-refractivity contribution < 1.29 is 9.59 Å². The fourth-order valence-corrected chi connectivity index (χ4v) is 3.12. The summed E-state index contributed by atoms with van der Waals surface area (Å²) in [6.45, 7) is 4.55. The van der Waals surface area contributed by atoms with Gasteiger partial charge in [-0.15, -0.1) is 0 Å². The molecule has 136 valence electrons. The highest BCUT2D eigenvalue weighted by Crippen LogP contribution is 2.25. The summed E-state index contributed by atoms with van der Waals surface area (Å²) in [6.07, 6.45) is 2.48. The van der Waals surface area contributed by atoms with Gasteiger partial charge < -0.3 is 21.3 Å². The molecule has 1 heterocycles. The second-order valence-electron chi connectivity index (χ2n) is 6.56. The van der Waals surface area contributed by atoms with Crippen LogP contribution in [0.4, 0.5) is 16.2 Å². The Balaban J connectivity index is 1.64. The van der Waals surface area contributed by atoms with Crippen LogP contribution in [-0.2, 0) is 6.54 Å². The molecule has 0 atom stereocenters. The Hall–Kier alpha value is -3.02. The topological polar surface area (TPSA) is 87.5 Å². The first-order valence-electron chi connectivity index (χ1n) is 8.82. The van der Waals surface area contributed by atoms with Crippen LogP contribution in [0.3, 0.4) is 0 Å². The van der Waals surface area contributed by atoms with E-state index in [1.165, 1.54) is 18.5 Å². The van der Waals surface area contributed by atoms with Crippen LogP contribution >= 0.6 is 0 Å². The van der Waals surface area contributed by atoms with Gasteiger partial charge in [0.2, 0.25) is 0 Å². The number of hydrogen-bond donors (Lipinski definition) is 3. The number of rotatable bonds is 5. The molecule has 6 heteroatoms. The fraction of sp³-hybridized carbons (Fsp3) is 0.300. The molecule has 0 aromatic heterocycles. The van der Waals surface area contributed by atoms with E-state index in [4.69, 9.17) is 5.73 Å². The van der Waals surface area contributed by atoms with E-state index in [1.807, 2.05) is 13.0 Å². The van der Waals surface area contributed by atoms with Gasteiger partial charge in [0, 0.05) is 36.6 Å². The number of amides is 3. The molecule has 2 aromatic carbocycles. The number of nitrogens with zero attached hydrogens (tertiary/aromatic N) is 1. The first-order valence-corrected chi connectivity index (χ1v) is 8.82. The van der Waals surface area contributed by atoms with Gasteiger partial charge in [-0.25, -0.2) is 4.79 Å². The maximum Gasteiger partial charge on any atom is 0.312 e. The number of anilines is 2. The minimum absolute atomic E-state index is 0.156. The predicted octanol–water partition coefficient (Wildman–Crippen LogP) is 3.02. The van der Waals surface area contributed by atoms with Crippen LogP contribution in [0.1, 0.15) is 34.3 Å². The van der Waals surface area contributed by atoms with Crippen molar-refractivity contribution in [2.75, 3.05) is 23.3 Å². The third-order valence-electron chi connectivity index (χ3n) is 4.61.